The van der Waals surface area contributed by atoms with E-state index in [0.29, 0.717) is 24.5 Å². The van der Waals surface area contributed by atoms with Gasteiger partial charge in [0.2, 0.25) is 11.8 Å². The van der Waals surface area contributed by atoms with Gasteiger partial charge in [0.05, 0.1) is 7.11 Å². The second kappa shape index (κ2) is 11.2. The number of hydrogen-bond acceptors (Lipinski definition) is 6. The lowest BCUT2D eigenvalue weighted by Crippen LogP contribution is -2.48. The number of rotatable bonds is 12. The number of amides is 2. The first-order valence-corrected chi connectivity index (χ1v) is 10.0. The highest BCUT2D eigenvalue weighted by atomic mass is 16.6. The number of methoxy groups -OCH3 is 1. The molecule has 2 atom stereocenters. The van der Waals surface area contributed by atoms with Gasteiger partial charge in [0.25, 0.3) is 0 Å². The van der Waals surface area contributed by atoms with Gasteiger partial charge in [-0.25, -0.2) is 0 Å². The fourth-order valence-electron chi connectivity index (χ4n) is 3.10. The Bertz CT molecular complexity index is 671. The zero-order valence-corrected chi connectivity index (χ0v) is 17.3. The van der Waals surface area contributed by atoms with Gasteiger partial charge in [-0.1, -0.05) is 38.8 Å². The van der Waals surface area contributed by atoms with Gasteiger partial charge in [-0.2, -0.15) is 0 Å². The summed E-state index contributed by atoms with van der Waals surface area (Å²) in [5, 5.41) is 23.7. The van der Waals surface area contributed by atoms with E-state index in [1.54, 1.807) is 7.11 Å². The van der Waals surface area contributed by atoms with Crippen LogP contribution < -0.4 is 15.4 Å². The van der Waals surface area contributed by atoms with Gasteiger partial charge < -0.3 is 30.1 Å². The Morgan fingerprint density at radius 3 is 2.55 bits per heavy atom. The number of hydrogen-bond donors (Lipinski definition) is 4. The van der Waals surface area contributed by atoms with Crippen molar-refractivity contribution >= 4 is 19.1 Å². The molecule has 1 aromatic rings. The molecule has 0 bridgehead atoms. The van der Waals surface area contributed by atoms with Crippen LogP contribution in [0.25, 0.3) is 0 Å². The first-order valence-electron chi connectivity index (χ1n) is 10.0. The molecular weight excluding hydrogens is 375 g/mol. The van der Waals surface area contributed by atoms with Crippen molar-refractivity contribution < 1.29 is 29.0 Å². The predicted molar refractivity (Wildman–Crippen MR) is 108 cm³/mol. The second-order valence-corrected chi connectivity index (χ2v) is 7.89. The summed E-state index contributed by atoms with van der Waals surface area (Å²) in [6.45, 7) is 4.13. The maximum absolute atomic E-state index is 12.8. The fourth-order valence-corrected chi connectivity index (χ4v) is 3.10. The first-order chi connectivity index (χ1) is 13.8. The number of nitrogens with one attached hydrogen (secondary N) is 2. The molecule has 2 amide bonds. The third kappa shape index (κ3) is 8.43. The lowest BCUT2D eigenvalue weighted by molar-refractivity contribution is -0.137. The summed E-state index contributed by atoms with van der Waals surface area (Å²) in [7, 11) is -0.421. The Morgan fingerprint density at radius 1 is 1.24 bits per heavy atom. The van der Waals surface area contributed by atoms with Crippen LogP contribution in [0, 0.1) is 17.8 Å². The maximum atomic E-state index is 12.8. The van der Waals surface area contributed by atoms with E-state index in [4.69, 9.17) is 19.4 Å². The third-order valence-electron chi connectivity index (χ3n) is 4.77. The van der Waals surface area contributed by atoms with Gasteiger partial charge in [0.15, 0.2) is 0 Å². The molecule has 0 spiro atoms. The van der Waals surface area contributed by atoms with Crippen LogP contribution in [0.4, 0.5) is 0 Å². The van der Waals surface area contributed by atoms with Crippen molar-refractivity contribution in [3.8, 4) is 5.75 Å². The second-order valence-electron chi connectivity index (χ2n) is 7.89. The standard InChI is InChI=1S/C20H31BN2O6/c1-13(2)9-18(29-21(26)27)23-20(25)17(11-14-7-8-14)19(24)22-12-15-5-4-6-16(10-15)28-3/h4-6,10,13-14,17-18,26-27H,7-9,11-12H2,1-3H3,(H,22,24)(H,23,25). The minimum Gasteiger partial charge on any atom is -0.497 e. The summed E-state index contributed by atoms with van der Waals surface area (Å²) in [5.41, 5.74) is 0.868. The summed E-state index contributed by atoms with van der Waals surface area (Å²) in [4.78, 5) is 25.6. The molecule has 0 heterocycles. The third-order valence-corrected chi connectivity index (χ3v) is 4.77. The number of carbonyl (C=O) groups excluding carboxylic acids is 2. The molecule has 160 valence electrons. The Balaban J connectivity index is 1.99. The fraction of sp³-hybridized carbons (Fsp3) is 0.600. The highest BCUT2D eigenvalue weighted by Gasteiger charge is 2.35. The first kappa shape index (κ1) is 23.2. The molecular formula is C20H31BN2O6. The van der Waals surface area contributed by atoms with Crippen molar-refractivity contribution in [3.05, 3.63) is 29.8 Å². The lowest BCUT2D eigenvalue weighted by atomic mass is 9.99. The number of ether oxygens (including phenoxy) is 1. The van der Waals surface area contributed by atoms with Gasteiger partial charge in [-0.05, 0) is 42.4 Å². The van der Waals surface area contributed by atoms with Crippen LogP contribution in [0.1, 0.15) is 45.1 Å². The van der Waals surface area contributed by atoms with Crippen LogP contribution in [0.3, 0.4) is 0 Å². The van der Waals surface area contributed by atoms with Crippen LogP contribution >= 0.6 is 0 Å². The molecule has 4 N–H and O–H groups in total. The van der Waals surface area contributed by atoms with Crippen LogP contribution in [-0.2, 0) is 20.8 Å². The molecule has 0 aromatic heterocycles. The van der Waals surface area contributed by atoms with Crippen LogP contribution in [0.2, 0.25) is 0 Å². The molecule has 0 saturated heterocycles. The van der Waals surface area contributed by atoms with Crippen molar-refractivity contribution in [3.63, 3.8) is 0 Å². The highest BCUT2D eigenvalue weighted by molar-refractivity contribution is 6.32. The van der Waals surface area contributed by atoms with E-state index in [0.717, 1.165) is 18.4 Å². The van der Waals surface area contributed by atoms with E-state index in [-0.39, 0.29) is 18.4 Å². The Hall–Kier alpha value is -2.10. The molecule has 1 saturated carbocycles. The molecule has 8 nitrogen and oxygen atoms in total. The quantitative estimate of drug-likeness (QED) is 0.236. The SMILES string of the molecule is COc1cccc(CNC(=O)C(CC2CC2)C(=O)NC(CC(C)C)OB(O)O)c1. The van der Waals surface area contributed by atoms with Crippen LogP contribution in [0.5, 0.6) is 5.75 Å². The van der Waals surface area contributed by atoms with E-state index >= 15 is 0 Å². The lowest BCUT2D eigenvalue weighted by Gasteiger charge is -2.24. The van der Waals surface area contributed by atoms with E-state index in [2.05, 4.69) is 10.6 Å². The van der Waals surface area contributed by atoms with Gasteiger partial charge in [0, 0.05) is 6.54 Å². The predicted octanol–water partition coefficient (Wildman–Crippen LogP) is 1.20. The summed E-state index contributed by atoms with van der Waals surface area (Å²) in [5.74, 6) is -0.470. The van der Waals surface area contributed by atoms with Gasteiger partial charge in [0.1, 0.15) is 17.9 Å². The minimum atomic E-state index is -2.00. The Kier molecular flexibility index (Phi) is 8.94. The zero-order chi connectivity index (χ0) is 21.4. The normalized spacial score (nSPS) is 15.5. The topological polar surface area (TPSA) is 117 Å². The molecule has 9 heteroatoms. The van der Waals surface area contributed by atoms with Crippen LogP contribution in [0.15, 0.2) is 24.3 Å². The molecule has 0 radical (unpaired) electrons. The molecule has 1 aliphatic carbocycles. The van der Waals surface area contributed by atoms with E-state index in [1.807, 2.05) is 38.1 Å². The van der Waals surface area contributed by atoms with Crippen molar-refractivity contribution in [1.29, 1.82) is 0 Å². The Labute approximate surface area is 172 Å². The molecule has 2 unspecified atom stereocenters. The zero-order valence-electron chi connectivity index (χ0n) is 17.3. The summed E-state index contributed by atoms with van der Waals surface area (Å²) in [6, 6.07) is 7.35. The maximum Gasteiger partial charge on any atom is 0.635 e. The average molecular weight is 406 g/mol. The van der Waals surface area contributed by atoms with E-state index in [1.165, 1.54) is 0 Å². The van der Waals surface area contributed by atoms with Gasteiger partial charge >= 0.3 is 7.32 Å². The minimum absolute atomic E-state index is 0.155. The molecule has 29 heavy (non-hydrogen) atoms. The van der Waals surface area contributed by atoms with Crippen molar-refractivity contribution in [2.45, 2.75) is 52.3 Å². The molecule has 1 aliphatic rings. The molecule has 2 rings (SSSR count). The van der Waals surface area contributed by atoms with E-state index < -0.39 is 25.4 Å². The highest BCUT2D eigenvalue weighted by Crippen LogP contribution is 2.35. The van der Waals surface area contributed by atoms with Gasteiger partial charge in [-0.3, -0.25) is 9.59 Å². The largest absolute Gasteiger partial charge is 0.635 e. The number of benzene rings is 1. The monoisotopic (exact) mass is 406 g/mol. The Morgan fingerprint density at radius 2 is 1.97 bits per heavy atom. The van der Waals surface area contributed by atoms with Gasteiger partial charge in [-0.15, -0.1) is 0 Å². The average Bonchev–Trinajstić information content (AvgIpc) is 3.47. The summed E-state index contributed by atoms with van der Waals surface area (Å²) < 4.78 is 10.2. The van der Waals surface area contributed by atoms with Crippen molar-refractivity contribution in [1.82, 2.24) is 10.6 Å². The summed E-state index contributed by atoms with van der Waals surface area (Å²) in [6.07, 6.45) is 1.99. The molecule has 1 fully saturated rings. The van der Waals surface area contributed by atoms with Crippen LogP contribution in [-0.4, -0.2) is 42.5 Å². The smallest absolute Gasteiger partial charge is 0.497 e. The number of carbonyl (C=O) groups is 2. The van der Waals surface area contributed by atoms with Crippen molar-refractivity contribution in [2.24, 2.45) is 17.8 Å². The molecule has 0 aliphatic heterocycles. The van der Waals surface area contributed by atoms with Crippen molar-refractivity contribution in [2.75, 3.05) is 7.11 Å². The summed E-state index contributed by atoms with van der Waals surface area (Å²) >= 11 is 0. The molecule has 1 aromatic carbocycles. The van der Waals surface area contributed by atoms with E-state index in [9.17, 15) is 9.59 Å².